The molecule has 2 aromatic carbocycles. The number of benzene rings is 2. The van der Waals surface area contributed by atoms with Crippen LogP contribution >= 0.6 is 23.2 Å². The molecule has 0 saturated heterocycles. The highest BCUT2D eigenvalue weighted by atomic mass is 35.5. The number of sulfonamides is 1. The van der Waals surface area contributed by atoms with E-state index in [0.29, 0.717) is 10.7 Å². The molecule has 0 aliphatic heterocycles. The van der Waals surface area contributed by atoms with Gasteiger partial charge in [-0.3, -0.25) is 4.72 Å². The van der Waals surface area contributed by atoms with Gasteiger partial charge in [0.15, 0.2) is 5.69 Å². The molecule has 0 radical (unpaired) electrons. The molecule has 0 unspecified atom stereocenters. The summed E-state index contributed by atoms with van der Waals surface area (Å²) < 4.78 is 33.8. The minimum atomic E-state index is -3.91. The summed E-state index contributed by atoms with van der Waals surface area (Å²) >= 11 is 11.8. The summed E-state index contributed by atoms with van der Waals surface area (Å²) in [6.07, 6.45) is 1.37. The molecule has 1 aromatic heterocycles. The average Bonchev–Trinajstić information content (AvgIpc) is 3.06. The van der Waals surface area contributed by atoms with E-state index in [1.54, 1.807) is 0 Å². The van der Waals surface area contributed by atoms with Crippen LogP contribution in [0.25, 0.3) is 5.69 Å². The van der Waals surface area contributed by atoms with E-state index in [0.717, 1.165) is 0 Å². The zero-order valence-electron chi connectivity index (χ0n) is 15.4. The summed E-state index contributed by atoms with van der Waals surface area (Å²) in [6, 6.07) is 11.9. The standard InChI is InChI=1S/C19H14Cl2N4O4S/c1-29-19(26)18-17(23)11(9-22)10-25(18)13-3-5-14(6-4-13)30(27,28)24-12-2-7-15(20)16(21)8-12/h2-8,10,24H,23H2,1H3. The van der Waals surface area contributed by atoms with Gasteiger partial charge in [0.2, 0.25) is 0 Å². The summed E-state index contributed by atoms with van der Waals surface area (Å²) in [4.78, 5) is 12.0. The van der Waals surface area contributed by atoms with E-state index in [2.05, 4.69) is 4.72 Å². The Bertz CT molecular complexity index is 1280. The first-order valence-corrected chi connectivity index (χ1v) is 10.5. The van der Waals surface area contributed by atoms with E-state index in [9.17, 15) is 18.5 Å². The molecule has 0 aliphatic carbocycles. The van der Waals surface area contributed by atoms with E-state index < -0.39 is 16.0 Å². The van der Waals surface area contributed by atoms with Crippen LogP contribution in [-0.2, 0) is 14.8 Å². The van der Waals surface area contributed by atoms with Crippen molar-refractivity contribution in [3.8, 4) is 11.8 Å². The maximum atomic E-state index is 12.6. The number of aromatic nitrogens is 1. The predicted octanol–water partition coefficient (Wildman–Crippen LogP) is 3.83. The number of hydrogen-bond donors (Lipinski definition) is 2. The van der Waals surface area contributed by atoms with Gasteiger partial charge in [-0.05, 0) is 42.5 Å². The molecule has 0 bridgehead atoms. The van der Waals surface area contributed by atoms with E-state index in [1.807, 2.05) is 6.07 Å². The summed E-state index contributed by atoms with van der Waals surface area (Å²) in [5, 5.41) is 9.69. The molecule has 3 rings (SSSR count). The largest absolute Gasteiger partial charge is 0.464 e. The molecular weight excluding hydrogens is 451 g/mol. The summed E-state index contributed by atoms with van der Waals surface area (Å²) in [5.41, 5.74) is 6.56. The first-order valence-electron chi connectivity index (χ1n) is 8.25. The van der Waals surface area contributed by atoms with E-state index in [-0.39, 0.29) is 32.6 Å². The Hall–Kier alpha value is -3.19. The smallest absolute Gasteiger partial charge is 0.357 e. The third-order valence-corrected chi connectivity index (χ3v) is 6.28. The van der Waals surface area contributed by atoms with Crippen LogP contribution in [0.5, 0.6) is 0 Å². The molecular formula is C19H14Cl2N4O4S. The highest BCUT2D eigenvalue weighted by Gasteiger charge is 2.22. The second kappa shape index (κ2) is 8.28. The lowest BCUT2D eigenvalue weighted by Crippen LogP contribution is -2.13. The lowest BCUT2D eigenvalue weighted by molar-refractivity contribution is 0.0593. The molecule has 0 amide bonds. The van der Waals surface area contributed by atoms with Gasteiger partial charge < -0.3 is 15.0 Å². The highest BCUT2D eigenvalue weighted by molar-refractivity contribution is 7.92. The van der Waals surface area contributed by atoms with Crippen LogP contribution < -0.4 is 10.5 Å². The van der Waals surface area contributed by atoms with Crippen molar-refractivity contribution in [3.05, 3.63) is 70.0 Å². The van der Waals surface area contributed by atoms with Crippen molar-refractivity contribution in [1.82, 2.24) is 4.57 Å². The molecule has 154 valence electrons. The van der Waals surface area contributed by atoms with Crippen molar-refractivity contribution >= 4 is 50.6 Å². The molecule has 11 heteroatoms. The van der Waals surface area contributed by atoms with Gasteiger partial charge in [-0.25, -0.2) is 13.2 Å². The Morgan fingerprint density at radius 2 is 1.83 bits per heavy atom. The Kier molecular flexibility index (Phi) is 5.94. The number of esters is 1. The third kappa shape index (κ3) is 4.07. The van der Waals surface area contributed by atoms with Crippen molar-refractivity contribution in [3.63, 3.8) is 0 Å². The van der Waals surface area contributed by atoms with E-state index >= 15 is 0 Å². The van der Waals surface area contributed by atoms with E-state index in [1.165, 1.54) is 60.3 Å². The SMILES string of the molecule is COC(=O)c1c(N)c(C#N)cn1-c1ccc(S(=O)(=O)Nc2ccc(Cl)c(Cl)c2)cc1. The number of ether oxygens (including phenoxy) is 1. The number of carbonyl (C=O) groups is 1. The Balaban J connectivity index is 1.96. The maximum absolute atomic E-state index is 12.6. The Morgan fingerprint density at radius 1 is 1.17 bits per heavy atom. The molecule has 30 heavy (non-hydrogen) atoms. The van der Waals surface area contributed by atoms with Gasteiger partial charge in [-0.2, -0.15) is 5.26 Å². The van der Waals surface area contributed by atoms with Gasteiger partial charge in [0, 0.05) is 11.9 Å². The van der Waals surface area contributed by atoms with Crippen molar-refractivity contribution in [2.75, 3.05) is 17.6 Å². The average molecular weight is 465 g/mol. The monoisotopic (exact) mass is 464 g/mol. The fourth-order valence-electron chi connectivity index (χ4n) is 2.68. The number of nitriles is 1. The minimum Gasteiger partial charge on any atom is -0.464 e. The molecule has 0 fully saturated rings. The second-order valence-electron chi connectivity index (χ2n) is 6.01. The number of nitrogens with one attached hydrogen (secondary N) is 1. The number of rotatable bonds is 5. The van der Waals surface area contributed by atoms with Crippen LogP contribution in [0, 0.1) is 11.3 Å². The lowest BCUT2D eigenvalue weighted by Gasteiger charge is -2.11. The first-order chi connectivity index (χ1) is 14.2. The molecule has 8 nitrogen and oxygen atoms in total. The molecule has 0 atom stereocenters. The summed E-state index contributed by atoms with van der Waals surface area (Å²) in [6.45, 7) is 0. The lowest BCUT2D eigenvalue weighted by atomic mass is 10.2. The van der Waals surface area contributed by atoms with Crippen molar-refractivity contribution in [1.29, 1.82) is 5.26 Å². The highest BCUT2D eigenvalue weighted by Crippen LogP contribution is 2.28. The van der Waals surface area contributed by atoms with Gasteiger partial charge >= 0.3 is 5.97 Å². The van der Waals surface area contributed by atoms with Crippen molar-refractivity contribution in [2.24, 2.45) is 0 Å². The summed E-state index contributed by atoms with van der Waals surface area (Å²) in [5.74, 6) is -0.730. The zero-order valence-corrected chi connectivity index (χ0v) is 17.7. The molecule has 0 spiro atoms. The zero-order chi connectivity index (χ0) is 22.1. The Labute approximate surface area is 182 Å². The normalized spacial score (nSPS) is 11.0. The fraction of sp³-hybridized carbons (Fsp3) is 0.0526. The second-order valence-corrected chi connectivity index (χ2v) is 8.50. The van der Waals surface area contributed by atoms with Crippen LogP contribution in [-0.4, -0.2) is 26.1 Å². The molecule has 1 heterocycles. The summed E-state index contributed by atoms with van der Waals surface area (Å²) in [7, 11) is -2.72. The molecule has 0 aliphatic rings. The van der Waals surface area contributed by atoms with Gasteiger partial charge in [0.05, 0.1) is 39.0 Å². The number of nitrogens with zero attached hydrogens (tertiary/aromatic N) is 2. The van der Waals surface area contributed by atoms with Crippen molar-refractivity contribution < 1.29 is 17.9 Å². The first kappa shape index (κ1) is 21.5. The van der Waals surface area contributed by atoms with Gasteiger partial charge in [-0.1, -0.05) is 23.2 Å². The number of anilines is 2. The molecule has 3 N–H and O–H groups in total. The predicted molar refractivity (Wildman–Crippen MR) is 114 cm³/mol. The number of nitrogens with two attached hydrogens (primary N) is 1. The number of halogens is 2. The van der Waals surface area contributed by atoms with Crippen LogP contribution in [0.15, 0.2) is 53.6 Å². The van der Waals surface area contributed by atoms with Gasteiger partial charge in [0.25, 0.3) is 10.0 Å². The maximum Gasteiger partial charge on any atom is 0.357 e. The number of hydrogen-bond acceptors (Lipinski definition) is 6. The fourth-order valence-corrected chi connectivity index (χ4v) is 4.03. The molecule has 3 aromatic rings. The van der Waals surface area contributed by atoms with Gasteiger partial charge in [-0.15, -0.1) is 0 Å². The van der Waals surface area contributed by atoms with Crippen molar-refractivity contribution in [2.45, 2.75) is 4.90 Å². The topological polar surface area (TPSA) is 127 Å². The molecule has 0 saturated carbocycles. The van der Waals surface area contributed by atoms with Crippen LogP contribution in [0.1, 0.15) is 16.1 Å². The Morgan fingerprint density at radius 3 is 2.40 bits per heavy atom. The number of nitrogen functional groups attached to an aromatic ring is 1. The van der Waals surface area contributed by atoms with Crippen LogP contribution in [0.4, 0.5) is 11.4 Å². The number of methoxy groups -OCH3 is 1. The van der Waals surface area contributed by atoms with Gasteiger partial charge in [0.1, 0.15) is 6.07 Å². The third-order valence-electron chi connectivity index (χ3n) is 4.14. The van der Waals surface area contributed by atoms with Crippen LogP contribution in [0.2, 0.25) is 10.0 Å². The van der Waals surface area contributed by atoms with E-state index in [4.69, 9.17) is 33.7 Å². The number of carbonyl (C=O) groups excluding carboxylic acids is 1. The van der Waals surface area contributed by atoms with Crippen LogP contribution in [0.3, 0.4) is 0 Å². The minimum absolute atomic E-state index is 0.0256. The quantitative estimate of drug-likeness (QED) is 0.552.